The zero-order valence-corrected chi connectivity index (χ0v) is 10.9. The van der Waals surface area contributed by atoms with Gasteiger partial charge in [-0.2, -0.15) is 0 Å². The summed E-state index contributed by atoms with van der Waals surface area (Å²) in [6.07, 6.45) is 3.06. The highest BCUT2D eigenvalue weighted by atomic mass is 16.5. The van der Waals surface area contributed by atoms with E-state index >= 15 is 0 Å². The summed E-state index contributed by atoms with van der Waals surface area (Å²) in [7, 11) is 0. The first kappa shape index (κ1) is 12.2. The molecule has 2 N–H and O–H groups in total. The van der Waals surface area contributed by atoms with Crippen LogP contribution in [-0.2, 0) is 10.2 Å². The molecule has 1 unspecified atom stereocenters. The lowest BCUT2D eigenvalue weighted by Gasteiger charge is -2.20. The second kappa shape index (κ2) is 4.53. The van der Waals surface area contributed by atoms with Gasteiger partial charge >= 0.3 is 0 Å². The van der Waals surface area contributed by atoms with Crippen molar-refractivity contribution < 1.29 is 4.74 Å². The van der Waals surface area contributed by atoms with Crippen LogP contribution in [0.3, 0.4) is 0 Å². The van der Waals surface area contributed by atoms with Gasteiger partial charge in [0.05, 0.1) is 12.6 Å². The minimum atomic E-state index is -0.119. The molecule has 0 fully saturated rings. The fraction of sp³-hybridized carbons (Fsp3) is 0.467. The van der Waals surface area contributed by atoms with Crippen molar-refractivity contribution in [1.82, 2.24) is 0 Å². The van der Waals surface area contributed by atoms with E-state index in [1.165, 1.54) is 5.56 Å². The van der Waals surface area contributed by atoms with Crippen molar-refractivity contribution in [1.29, 1.82) is 0 Å². The van der Waals surface area contributed by atoms with E-state index in [1.54, 1.807) is 0 Å². The SMILES string of the molecule is CC(C)(C)c1ccc(C(N)C2=CCCO2)cc1. The fourth-order valence-electron chi connectivity index (χ4n) is 2.01. The highest BCUT2D eigenvalue weighted by Gasteiger charge is 2.18. The largest absolute Gasteiger partial charge is 0.496 e. The summed E-state index contributed by atoms with van der Waals surface area (Å²) < 4.78 is 5.50. The van der Waals surface area contributed by atoms with Crippen molar-refractivity contribution >= 4 is 0 Å². The number of ether oxygens (including phenoxy) is 1. The number of nitrogens with two attached hydrogens (primary N) is 1. The van der Waals surface area contributed by atoms with E-state index in [0.717, 1.165) is 24.4 Å². The van der Waals surface area contributed by atoms with Gasteiger partial charge in [0.2, 0.25) is 0 Å². The van der Waals surface area contributed by atoms with E-state index in [-0.39, 0.29) is 11.5 Å². The second-order valence-electron chi connectivity index (χ2n) is 5.59. The van der Waals surface area contributed by atoms with Gasteiger partial charge in [0.1, 0.15) is 5.76 Å². The van der Waals surface area contributed by atoms with Crippen molar-refractivity contribution in [2.24, 2.45) is 5.73 Å². The van der Waals surface area contributed by atoms with Crippen LogP contribution in [0.25, 0.3) is 0 Å². The molecule has 0 spiro atoms. The standard InChI is InChI=1S/C15H21NO/c1-15(2,3)12-8-6-11(7-9-12)14(16)13-5-4-10-17-13/h5-9,14H,4,10,16H2,1-3H3. The predicted octanol–water partition coefficient (Wildman–Crippen LogP) is 3.29. The first-order chi connectivity index (χ1) is 7.98. The Morgan fingerprint density at radius 1 is 1.18 bits per heavy atom. The van der Waals surface area contributed by atoms with Gasteiger partial charge in [-0.1, -0.05) is 45.0 Å². The van der Waals surface area contributed by atoms with E-state index in [2.05, 4.69) is 51.1 Å². The van der Waals surface area contributed by atoms with Crippen LogP contribution < -0.4 is 5.73 Å². The summed E-state index contributed by atoms with van der Waals surface area (Å²) in [5.74, 6) is 0.911. The highest BCUT2D eigenvalue weighted by Crippen LogP contribution is 2.27. The quantitative estimate of drug-likeness (QED) is 0.847. The van der Waals surface area contributed by atoms with E-state index in [0.29, 0.717) is 0 Å². The Kier molecular flexibility index (Phi) is 3.25. The Hall–Kier alpha value is -1.28. The molecule has 1 aromatic rings. The second-order valence-corrected chi connectivity index (χ2v) is 5.59. The minimum absolute atomic E-state index is 0.119. The van der Waals surface area contributed by atoms with Crippen LogP contribution >= 0.6 is 0 Å². The topological polar surface area (TPSA) is 35.2 Å². The molecule has 0 aromatic heterocycles. The molecule has 0 saturated heterocycles. The highest BCUT2D eigenvalue weighted by molar-refractivity contribution is 5.32. The first-order valence-corrected chi connectivity index (χ1v) is 6.17. The molecule has 1 atom stereocenters. The average Bonchev–Trinajstić information content (AvgIpc) is 2.80. The summed E-state index contributed by atoms with van der Waals surface area (Å²) in [5, 5.41) is 0. The van der Waals surface area contributed by atoms with Crippen LogP contribution in [0.4, 0.5) is 0 Å². The van der Waals surface area contributed by atoms with E-state index in [1.807, 2.05) is 0 Å². The van der Waals surface area contributed by atoms with Gasteiger partial charge in [-0.05, 0) is 22.6 Å². The molecule has 0 aliphatic carbocycles. The molecule has 1 heterocycles. The Balaban J connectivity index is 2.18. The van der Waals surface area contributed by atoms with Crippen LogP contribution in [0, 0.1) is 0 Å². The Bertz CT molecular complexity index is 412. The molecule has 0 amide bonds. The summed E-state index contributed by atoms with van der Waals surface area (Å²) in [4.78, 5) is 0. The summed E-state index contributed by atoms with van der Waals surface area (Å²) >= 11 is 0. The molecule has 92 valence electrons. The molecule has 0 saturated carbocycles. The minimum Gasteiger partial charge on any atom is -0.496 e. The molecule has 2 heteroatoms. The van der Waals surface area contributed by atoms with E-state index < -0.39 is 0 Å². The van der Waals surface area contributed by atoms with E-state index in [4.69, 9.17) is 10.5 Å². The van der Waals surface area contributed by atoms with Crippen molar-refractivity contribution in [3.05, 3.63) is 47.2 Å². The van der Waals surface area contributed by atoms with Crippen LogP contribution in [0.1, 0.15) is 44.4 Å². The van der Waals surface area contributed by atoms with Crippen LogP contribution in [0.15, 0.2) is 36.1 Å². The molecule has 1 aliphatic rings. The average molecular weight is 231 g/mol. The number of hydrogen-bond acceptors (Lipinski definition) is 2. The zero-order chi connectivity index (χ0) is 12.5. The van der Waals surface area contributed by atoms with Gasteiger partial charge in [-0.3, -0.25) is 0 Å². The van der Waals surface area contributed by atoms with Gasteiger partial charge in [-0.15, -0.1) is 0 Å². The van der Waals surface area contributed by atoms with Crippen LogP contribution in [0.2, 0.25) is 0 Å². The van der Waals surface area contributed by atoms with Crippen molar-refractivity contribution in [2.75, 3.05) is 6.61 Å². The van der Waals surface area contributed by atoms with Gasteiger partial charge in [-0.25, -0.2) is 0 Å². The fourth-order valence-corrected chi connectivity index (χ4v) is 2.01. The maximum absolute atomic E-state index is 6.17. The van der Waals surface area contributed by atoms with Crippen LogP contribution in [-0.4, -0.2) is 6.61 Å². The molecule has 1 aromatic carbocycles. The van der Waals surface area contributed by atoms with Gasteiger partial charge < -0.3 is 10.5 Å². The van der Waals surface area contributed by atoms with Gasteiger partial charge in [0.25, 0.3) is 0 Å². The molecule has 2 rings (SSSR count). The van der Waals surface area contributed by atoms with Gasteiger partial charge in [0.15, 0.2) is 0 Å². The molecule has 0 radical (unpaired) electrons. The molecule has 1 aliphatic heterocycles. The van der Waals surface area contributed by atoms with Gasteiger partial charge in [0, 0.05) is 6.42 Å². The third kappa shape index (κ3) is 2.70. The van der Waals surface area contributed by atoms with E-state index in [9.17, 15) is 0 Å². The monoisotopic (exact) mass is 231 g/mol. The zero-order valence-electron chi connectivity index (χ0n) is 10.9. The third-order valence-electron chi connectivity index (χ3n) is 3.17. The van der Waals surface area contributed by atoms with Crippen molar-refractivity contribution in [2.45, 2.75) is 38.6 Å². The number of benzene rings is 1. The molecule has 2 nitrogen and oxygen atoms in total. The van der Waals surface area contributed by atoms with Crippen molar-refractivity contribution in [3.63, 3.8) is 0 Å². The normalized spacial score (nSPS) is 17.5. The molecule has 0 bridgehead atoms. The maximum atomic E-state index is 6.17. The Labute approximate surface area is 103 Å². The summed E-state index contributed by atoms with van der Waals surface area (Å²) in [6.45, 7) is 7.41. The molecular weight excluding hydrogens is 210 g/mol. The number of hydrogen-bond donors (Lipinski definition) is 1. The third-order valence-corrected chi connectivity index (χ3v) is 3.17. The summed E-state index contributed by atoms with van der Waals surface area (Å²) in [6, 6.07) is 8.41. The number of rotatable bonds is 2. The Morgan fingerprint density at radius 3 is 2.29 bits per heavy atom. The Morgan fingerprint density at radius 2 is 1.82 bits per heavy atom. The maximum Gasteiger partial charge on any atom is 0.113 e. The lowest BCUT2D eigenvalue weighted by atomic mass is 9.86. The predicted molar refractivity (Wildman–Crippen MR) is 70.7 cm³/mol. The lowest BCUT2D eigenvalue weighted by molar-refractivity contribution is 0.225. The summed E-state index contributed by atoms with van der Waals surface area (Å²) in [5.41, 5.74) is 8.80. The molecule has 17 heavy (non-hydrogen) atoms. The van der Waals surface area contributed by atoms with Crippen LogP contribution in [0.5, 0.6) is 0 Å². The smallest absolute Gasteiger partial charge is 0.113 e. The lowest BCUT2D eigenvalue weighted by Crippen LogP contribution is -2.15. The van der Waals surface area contributed by atoms with Crippen molar-refractivity contribution in [3.8, 4) is 0 Å². The molecular formula is C15H21NO. The first-order valence-electron chi connectivity index (χ1n) is 6.17.